The lowest BCUT2D eigenvalue weighted by Gasteiger charge is -2.20. The van der Waals surface area contributed by atoms with Crippen LogP contribution in [-0.2, 0) is 11.3 Å². The molecule has 1 saturated carbocycles. The lowest BCUT2D eigenvalue weighted by molar-refractivity contribution is -0.114. The molecule has 2 aromatic carbocycles. The topological polar surface area (TPSA) is 92.3 Å². The van der Waals surface area contributed by atoms with Gasteiger partial charge in [-0.05, 0) is 55.8 Å². The molecule has 1 aliphatic carbocycles. The highest BCUT2D eigenvalue weighted by molar-refractivity contribution is 8.27. The van der Waals surface area contributed by atoms with Gasteiger partial charge in [0.15, 0.2) is 17.3 Å². The van der Waals surface area contributed by atoms with Gasteiger partial charge < -0.3 is 14.0 Å². The molecule has 200 valence electrons. The van der Waals surface area contributed by atoms with E-state index in [1.54, 1.807) is 13.2 Å². The van der Waals surface area contributed by atoms with Crippen LogP contribution in [0.25, 0.3) is 17.0 Å². The number of hydrogen-bond acceptors (Lipinski definition) is 6. The van der Waals surface area contributed by atoms with E-state index in [2.05, 4.69) is 15.6 Å². The number of carbonyl (C=O) groups is 1. The minimum atomic E-state index is -0.394. The Morgan fingerprint density at radius 2 is 1.82 bits per heavy atom. The van der Waals surface area contributed by atoms with Crippen LogP contribution in [0.2, 0.25) is 0 Å². The van der Waals surface area contributed by atoms with E-state index < -0.39 is 5.91 Å². The maximum Gasteiger partial charge on any atom is 0.283 e. The minimum absolute atomic E-state index is 0.0825. The number of hydrazone groups is 1. The number of aromatic nitrogens is 1. The van der Waals surface area contributed by atoms with Gasteiger partial charge in [0.1, 0.15) is 11.7 Å². The van der Waals surface area contributed by atoms with Crippen molar-refractivity contribution < 1.29 is 14.3 Å². The smallest absolute Gasteiger partial charge is 0.283 e. The molecular formula is C30H31N5O3S. The van der Waals surface area contributed by atoms with Gasteiger partial charge >= 0.3 is 0 Å². The molecule has 2 aliphatic heterocycles. The molecule has 0 atom stereocenters. The van der Waals surface area contributed by atoms with E-state index in [-0.39, 0.29) is 11.4 Å². The lowest BCUT2D eigenvalue weighted by Crippen LogP contribution is -2.35. The number of hydrogen-bond donors (Lipinski definition) is 1. The molecule has 6 rings (SSSR count). The predicted molar refractivity (Wildman–Crippen MR) is 157 cm³/mol. The van der Waals surface area contributed by atoms with Gasteiger partial charge in [-0.15, -0.1) is 0 Å². The summed E-state index contributed by atoms with van der Waals surface area (Å²) in [7, 11) is 1.63. The second-order valence-electron chi connectivity index (χ2n) is 9.96. The van der Waals surface area contributed by atoms with Gasteiger partial charge in [0, 0.05) is 28.1 Å². The van der Waals surface area contributed by atoms with Crippen molar-refractivity contribution >= 4 is 50.7 Å². The van der Waals surface area contributed by atoms with Gasteiger partial charge in [0.2, 0.25) is 5.17 Å². The summed E-state index contributed by atoms with van der Waals surface area (Å²) in [5, 5.41) is 17.7. The average Bonchev–Trinajstić information content (AvgIpc) is 3.51. The Morgan fingerprint density at radius 1 is 1.08 bits per heavy atom. The fraction of sp³-hybridized carbons (Fsp3) is 0.333. The molecular weight excluding hydrogens is 510 g/mol. The van der Waals surface area contributed by atoms with Crippen LogP contribution in [0.15, 0.2) is 64.2 Å². The number of ether oxygens (including phenoxy) is 2. The van der Waals surface area contributed by atoms with E-state index in [1.165, 1.54) is 36.0 Å². The first-order valence-electron chi connectivity index (χ1n) is 13.4. The van der Waals surface area contributed by atoms with E-state index in [0.29, 0.717) is 35.7 Å². The fourth-order valence-corrected chi connectivity index (χ4v) is 6.64. The van der Waals surface area contributed by atoms with Crippen LogP contribution in [0.1, 0.15) is 43.4 Å². The molecule has 1 N–H and O–H groups in total. The van der Waals surface area contributed by atoms with E-state index >= 15 is 0 Å². The summed E-state index contributed by atoms with van der Waals surface area (Å²) in [5.74, 6) is 1.47. The van der Waals surface area contributed by atoms with Gasteiger partial charge in [0.25, 0.3) is 5.91 Å². The van der Waals surface area contributed by atoms with Crippen LogP contribution < -0.4 is 9.47 Å². The molecule has 1 amide bonds. The normalized spacial score (nSPS) is 18.9. The zero-order chi connectivity index (χ0) is 26.9. The molecule has 1 aromatic heterocycles. The minimum Gasteiger partial charge on any atom is -0.493 e. The summed E-state index contributed by atoms with van der Waals surface area (Å²) in [6.45, 7) is 3.09. The molecule has 39 heavy (non-hydrogen) atoms. The number of thioether (sulfide) groups is 1. The van der Waals surface area contributed by atoms with Crippen molar-refractivity contribution in [1.82, 2.24) is 9.58 Å². The Balaban J connectivity index is 1.29. The maximum atomic E-state index is 13.2. The molecule has 0 bridgehead atoms. The van der Waals surface area contributed by atoms with Crippen LogP contribution >= 0.6 is 11.8 Å². The van der Waals surface area contributed by atoms with Crippen molar-refractivity contribution in [2.24, 2.45) is 16.0 Å². The summed E-state index contributed by atoms with van der Waals surface area (Å²) in [5.41, 5.74) is 3.19. The molecule has 0 saturated heterocycles. The van der Waals surface area contributed by atoms with E-state index in [1.807, 2.05) is 49.4 Å². The van der Waals surface area contributed by atoms with Crippen LogP contribution in [0.5, 0.6) is 11.5 Å². The van der Waals surface area contributed by atoms with Gasteiger partial charge in [-0.1, -0.05) is 49.6 Å². The molecule has 3 aliphatic rings. The zero-order valence-electron chi connectivity index (χ0n) is 22.1. The highest BCUT2D eigenvalue weighted by Crippen LogP contribution is 2.37. The molecule has 1 fully saturated rings. The quantitative estimate of drug-likeness (QED) is 0.358. The van der Waals surface area contributed by atoms with Gasteiger partial charge in [-0.2, -0.15) is 15.1 Å². The zero-order valence-corrected chi connectivity index (χ0v) is 23.0. The molecule has 0 spiro atoms. The fourth-order valence-electron chi connectivity index (χ4n) is 5.58. The second-order valence-corrected chi connectivity index (χ2v) is 10.9. The third-order valence-corrected chi connectivity index (χ3v) is 8.71. The molecule has 3 heterocycles. The number of fused-ring (bicyclic) bond motifs is 2. The number of para-hydroxylation sites is 3. The highest BCUT2D eigenvalue weighted by atomic mass is 32.2. The third kappa shape index (κ3) is 4.76. The van der Waals surface area contributed by atoms with E-state index in [4.69, 9.17) is 20.0 Å². The van der Waals surface area contributed by atoms with Crippen molar-refractivity contribution in [3.63, 3.8) is 0 Å². The van der Waals surface area contributed by atoms with E-state index in [0.717, 1.165) is 40.0 Å². The number of nitrogens with zero attached hydrogens (tertiary/aromatic N) is 4. The van der Waals surface area contributed by atoms with Crippen molar-refractivity contribution in [2.45, 2.75) is 45.6 Å². The van der Waals surface area contributed by atoms with Gasteiger partial charge in [0.05, 0.1) is 19.2 Å². The van der Waals surface area contributed by atoms with Crippen molar-refractivity contribution in [1.29, 1.82) is 5.41 Å². The van der Waals surface area contributed by atoms with Crippen LogP contribution in [-0.4, -0.2) is 45.2 Å². The Kier molecular flexibility index (Phi) is 6.99. The SMILES string of the molecule is COc1ccccc1OCCn1c(C)c(/C=C2\C(=N)N3N=C(C4CCCCC4)SC3=NC2=O)c2ccccc21. The molecule has 3 aromatic rings. The monoisotopic (exact) mass is 541 g/mol. The van der Waals surface area contributed by atoms with Crippen LogP contribution in [0.3, 0.4) is 0 Å². The number of methoxy groups -OCH3 is 1. The van der Waals surface area contributed by atoms with Crippen molar-refractivity contribution in [3.05, 3.63) is 65.4 Å². The summed E-state index contributed by atoms with van der Waals surface area (Å²) in [6.07, 6.45) is 7.68. The van der Waals surface area contributed by atoms with Gasteiger partial charge in [-0.25, -0.2) is 0 Å². The van der Waals surface area contributed by atoms with Crippen molar-refractivity contribution in [2.75, 3.05) is 13.7 Å². The summed E-state index contributed by atoms with van der Waals surface area (Å²) in [4.78, 5) is 17.5. The number of amides is 1. The number of nitrogens with one attached hydrogen (secondary N) is 1. The standard InChI is InChI=1S/C30H31N5O3S/c1-19-22(18-23-27(31)35-30(32-28(23)36)39-29(33-35)20-10-4-3-5-11-20)21-12-6-7-13-24(21)34(19)16-17-38-26-15-9-8-14-25(26)37-2/h6-9,12-15,18,20,31H,3-5,10-11,16-17H2,1-2H3/b23-18+,31-27?. The number of rotatable bonds is 7. The van der Waals surface area contributed by atoms with E-state index in [9.17, 15) is 4.79 Å². The maximum absolute atomic E-state index is 13.2. The predicted octanol–water partition coefficient (Wildman–Crippen LogP) is 6.24. The first-order valence-corrected chi connectivity index (χ1v) is 14.2. The number of aliphatic imine (C=N–C) groups is 1. The Bertz CT molecular complexity index is 1550. The van der Waals surface area contributed by atoms with Crippen molar-refractivity contribution in [3.8, 4) is 11.5 Å². The van der Waals surface area contributed by atoms with Gasteiger partial charge in [-0.3, -0.25) is 10.2 Å². The highest BCUT2D eigenvalue weighted by Gasteiger charge is 2.38. The molecule has 9 heteroatoms. The Labute approximate surface area is 231 Å². The lowest BCUT2D eigenvalue weighted by atomic mass is 9.90. The number of benzene rings is 2. The number of carbonyl (C=O) groups excluding carboxylic acids is 1. The largest absolute Gasteiger partial charge is 0.493 e. The first kappa shape index (κ1) is 25.4. The van der Waals surface area contributed by atoms with Crippen LogP contribution in [0.4, 0.5) is 0 Å². The number of amidine groups is 2. The summed E-state index contributed by atoms with van der Waals surface area (Å²) in [6, 6.07) is 15.7. The second kappa shape index (κ2) is 10.7. The molecule has 8 nitrogen and oxygen atoms in total. The first-order chi connectivity index (χ1) is 19.0. The summed E-state index contributed by atoms with van der Waals surface area (Å²) >= 11 is 1.45. The Hall–Kier alpha value is -3.85. The summed E-state index contributed by atoms with van der Waals surface area (Å²) < 4.78 is 13.6. The van der Waals surface area contributed by atoms with Crippen LogP contribution in [0, 0.1) is 18.3 Å². The average molecular weight is 542 g/mol. The third-order valence-electron chi connectivity index (χ3n) is 7.63. The molecule has 0 radical (unpaired) electrons. The Morgan fingerprint density at radius 3 is 2.62 bits per heavy atom. The molecule has 0 unspecified atom stereocenters.